The predicted octanol–water partition coefficient (Wildman–Crippen LogP) is 1.96. The van der Waals surface area contributed by atoms with Crippen LogP contribution in [0.1, 0.15) is 18.4 Å². The molecule has 0 bridgehead atoms. The van der Waals surface area contributed by atoms with E-state index in [-0.39, 0.29) is 0 Å². The SMILES string of the molecule is CO.Cc1ccc(OCCCC=O)cc1. The number of hydrogen-bond donors (Lipinski definition) is 1. The number of benzene rings is 1. The lowest BCUT2D eigenvalue weighted by molar-refractivity contribution is -0.108. The lowest BCUT2D eigenvalue weighted by Crippen LogP contribution is -1.97. The van der Waals surface area contributed by atoms with Crippen LogP contribution in [0.5, 0.6) is 5.75 Å². The van der Waals surface area contributed by atoms with Gasteiger partial charge in [-0.3, -0.25) is 0 Å². The Bertz CT molecular complexity index is 254. The van der Waals surface area contributed by atoms with Crippen LogP contribution in [0, 0.1) is 6.92 Å². The fourth-order valence-corrected chi connectivity index (χ4v) is 0.991. The van der Waals surface area contributed by atoms with Crippen molar-refractivity contribution >= 4 is 6.29 Å². The molecule has 0 radical (unpaired) electrons. The van der Waals surface area contributed by atoms with Crippen LogP contribution in [0.15, 0.2) is 24.3 Å². The number of ether oxygens (including phenoxy) is 1. The van der Waals surface area contributed by atoms with Gasteiger partial charge in [0.1, 0.15) is 12.0 Å². The van der Waals surface area contributed by atoms with Gasteiger partial charge in [-0.25, -0.2) is 0 Å². The fraction of sp³-hybridized carbons (Fsp3) is 0.417. The summed E-state index contributed by atoms with van der Waals surface area (Å²) >= 11 is 0. The van der Waals surface area contributed by atoms with Crippen LogP contribution in [0.3, 0.4) is 0 Å². The van der Waals surface area contributed by atoms with Crippen LogP contribution in [-0.2, 0) is 4.79 Å². The summed E-state index contributed by atoms with van der Waals surface area (Å²) in [4.78, 5) is 10.0. The first-order chi connectivity index (χ1) is 7.33. The topological polar surface area (TPSA) is 46.5 Å². The van der Waals surface area contributed by atoms with Gasteiger partial charge in [-0.05, 0) is 25.5 Å². The highest BCUT2D eigenvalue weighted by atomic mass is 16.5. The lowest BCUT2D eigenvalue weighted by Gasteiger charge is -2.04. The zero-order chi connectivity index (χ0) is 11.5. The van der Waals surface area contributed by atoms with Crippen LogP contribution < -0.4 is 4.74 Å². The summed E-state index contributed by atoms with van der Waals surface area (Å²) in [5.74, 6) is 0.872. The van der Waals surface area contributed by atoms with Gasteiger partial charge in [-0.1, -0.05) is 17.7 Å². The highest BCUT2D eigenvalue weighted by molar-refractivity contribution is 5.48. The summed E-state index contributed by atoms with van der Waals surface area (Å²) in [5, 5.41) is 7.00. The van der Waals surface area contributed by atoms with Gasteiger partial charge in [0.2, 0.25) is 0 Å². The zero-order valence-electron chi connectivity index (χ0n) is 9.27. The molecular formula is C12H18O3. The van der Waals surface area contributed by atoms with Gasteiger partial charge in [-0.15, -0.1) is 0 Å². The number of aliphatic hydroxyl groups excluding tert-OH is 1. The van der Waals surface area contributed by atoms with E-state index in [0.29, 0.717) is 13.0 Å². The molecule has 0 saturated carbocycles. The number of aliphatic hydroxyl groups is 1. The van der Waals surface area contributed by atoms with Crippen molar-refractivity contribution in [2.45, 2.75) is 19.8 Å². The molecule has 1 rings (SSSR count). The second kappa shape index (κ2) is 9.21. The highest BCUT2D eigenvalue weighted by Crippen LogP contribution is 2.11. The number of unbranched alkanes of at least 4 members (excludes halogenated alkanes) is 1. The average molecular weight is 210 g/mol. The van der Waals surface area contributed by atoms with Crippen molar-refractivity contribution in [3.63, 3.8) is 0 Å². The largest absolute Gasteiger partial charge is 0.494 e. The van der Waals surface area contributed by atoms with Gasteiger partial charge in [0.05, 0.1) is 6.61 Å². The standard InChI is InChI=1S/C11H14O2.CH4O/c1-10-4-6-11(7-5-10)13-9-3-2-8-12;1-2/h4-8H,2-3,9H2,1H3;2H,1H3. The molecule has 1 aromatic rings. The van der Waals surface area contributed by atoms with E-state index in [2.05, 4.69) is 0 Å². The number of carbonyl (C=O) groups is 1. The molecule has 0 aliphatic rings. The third kappa shape index (κ3) is 6.69. The first-order valence-corrected chi connectivity index (χ1v) is 4.91. The third-order valence-corrected chi connectivity index (χ3v) is 1.76. The Kier molecular flexibility index (Phi) is 8.39. The second-order valence-electron chi connectivity index (χ2n) is 2.97. The minimum Gasteiger partial charge on any atom is -0.494 e. The molecule has 15 heavy (non-hydrogen) atoms. The van der Waals surface area contributed by atoms with Crippen LogP contribution in [0.2, 0.25) is 0 Å². The van der Waals surface area contributed by atoms with Crippen molar-refractivity contribution in [1.82, 2.24) is 0 Å². The number of carbonyl (C=O) groups excluding carboxylic acids is 1. The summed E-state index contributed by atoms with van der Waals surface area (Å²) in [6.45, 7) is 2.65. The van der Waals surface area contributed by atoms with E-state index in [9.17, 15) is 4.79 Å². The normalized spacial score (nSPS) is 8.73. The monoisotopic (exact) mass is 210 g/mol. The van der Waals surface area contributed by atoms with E-state index in [1.165, 1.54) is 5.56 Å². The van der Waals surface area contributed by atoms with E-state index in [4.69, 9.17) is 9.84 Å². The van der Waals surface area contributed by atoms with Crippen molar-refractivity contribution in [3.8, 4) is 5.75 Å². The maximum absolute atomic E-state index is 10.0. The summed E-state index contributed by atoms with van der Waals surface area (Å²) < 4.78 is 5.40. The summed E-state index contributed by atoms with van der Waals surface area (Å²) in [6, 6.07) is 7.90. The summed E-state index contributed by atoms with van der Waals surface area (Å²) in [7, 11) is 1.00. The first kappa shape index (κ1) is 13.7. The maximum atomic E-state index is 10.0. The van der Waals surface area contributed by atoms with E-state index < -0.39 is 0 Å². The molecule has 1 aromatic carbocycles. The van der Waals surface area contributed by atoms with Gasteiger partial charge in [-0.2, -0.15) is 0 Å². The van der Waals surface area contributed by atoms with Crippen LogP contribution >= 0.6 is 0 Å². The molecule has 0 heterocycles. The molecule has 3 heteroatoms. The molecule has 0 atom stereocenters. The third-order valence-electron chi connectivity index (χ3n) is 1.76. The number of rotatable bonds is 5. The number of hydrogen-bond acceptors (Lipinski definition) is 3. The molecule has 0 amide bonds. The highest BCUT2D eigenvalue weighted by Gasteiger charge is 1.92. The van der Waals surface area contributed by atoms with E-state index in [1.54, 1.807) is 0 Å². The molecule has 3 nitrogen and oxygen atoms in total. The quantitative estimate of drug-likeness (QED) is 0.597. The van der Waals surface area contributed by atoms with Gasteiger partial charge in [0, 0.05) is 13.5 Å². The Balaban J connectivity index is 0.000000921. The minimum atomic E-state index is 0.575. The lowest BCUT2D eigenvalue weighted by atomic mass is 10.2. The molecule has 0 saturated heterocycles. The maximum Gasteiger partial charge on any atom is 0.120 e. The van der Waals surface area contributed by atoms with Crippen LogP contribution in [0.4, 0.5) is 0 Å². The Morgan fingerprint density at radius 2 is 1.87 bits per heavy atom. The molecule has 84 valence electrons. The zero-order valence-corrected chi connectivity index (χ0v) is 9.27. The van der Waals surface area contributed by atoms with Gasteiger partial charge in [0.15, 0.2) is 0 Å². The van der Waals surface area contributed by atoms with Crippen LogP contribution in [-0.4, -0.2) is 25.1 Å². The molecule has 0 aliphatic heterocycles. The van der Waals surface area contributed by atoms with Crippen molar-refractivity contribution < 1.29 is 14.6 Å². The van der Waals surface area contributed by atoms with Crippen molar-refractivity contribution in [2.75, 3.05) is 13.7 Å². The first-order valence-electron chi connectivity index (χ1n) is 4.91. The number of aldehydes is 1. The Hall–Kier alpha value is -1.35. The molecule has 0 fully saturated rings. The van der Waals surface area contributed by atoms with E-state index in [0.717, 1.165) is 25.6 Å². The fourth-order valence-electron chi connectivity index (χ4n) is 0.991. The van der Waals surface area contributed by atoms with E-state index in [1.807, 2.05) is 31.2 Å². The Morgan fingerprint density at radius 3 is 2.40 bits per heavy atom. The van der Waals surface area contributed by atoms with Crippen molar-refractivity contribution in [2.24, 2.45) is 0 Å². The molecule has 0 aromatic heterocycles. The van der Waals surface area contributed by atoms with Gasteiger partial charge >= 0.3 is 0 Å². The van der Waals surface area contributed by atoms with Gasteiger partial charge < -0.3 is 14.6 Å². The smallest absolute Gasteiger partial charge is 0.120 e. The van der Waals surface area contributed by atoms with E-state index >= 15 is 0 Å². The molecule has 0 unspecified atom stereocenters. The molecule has 1 N–H and O–H groups in total. The predicted molar refractivity (Wildman–Crippen MR) is 60.1 cm³/mol. The van der Waals surface area contributed by atoms with Crippen molar-refractivity contribution in [3.05, 3.63) is 29.8 Å². The minimum absolute atomic E-state index is 0.575. The second-order valence-corrected chi connectivity index (χ2v) is 2.97. The Morgan fingerprint density at radius 1 is 1.27 bits per heavy atom. The van der Waals surface area contributed by atoms with Crippen LogP contribution in [0.25, 0.3) is 0 Å². The average Bonchev–Trinajstić information content (AvgIpc) is 2.30. The molecule has 0 spiro atoms. The summed E-state index contributed by atoms with van der Waals surface area (Å²) in [6.07, 6.45) is 2.28. The van der Waals surface area contributed by atoms with Crippen molar-refractivity contribution in [1.29, 1.82) is 0 Å². The van der Waals surface area contributed by atoms with Gasteiger partial charge in [0.25, 0.3) is 0 Å². The molecule has 0 aliphatic carbocycles. The number of aryl methyl sites for hydroxylation is 1. The molecular weight excluding hydrogens is 192 g/mol. The summed E-state index contributed by atoms with van der Waals surface area (Å²) in [5.41, 5.74) is 1.22. The Labute approximate surface area is 90.7 Å².